The molecule has 152 valence electrons. The van der Waals surface area contributed by atoms with Gasteiger partial charge in [0.05, 0.1) is 13.7 Å². The first-order valence-electron chi connectivity index (χ1n) is 10.3. The third kappa shape index (κ3) is 3.29. The van der Waals surface area contributed by atoms with Gasteiger partial charge < -0.3 is 19.1 Å². The summed E-state index contributed by atoms with van der Waals surface area (Å²) in [7, 11) is 3.66. The van der Waals surface area contributed by atoms with Crippen LogP contribution in [0, 0.1) is 11.8 Å². The molecule has 1 aliphatic carbocycles. The number of benzene rings is 1. The molecule has 1 saturated heterocycles. The maximum absolute atomic E-state index is 11.7. The van der Waals surface area contributed by atoms with Gasteiger partial charge in [0.2, 0.25) is 0 Å². The number of rotatable bonds is 6. The van der Waals surface area contributed by atoms with Gasteiger partial charge in [-0.2, -0.15) is 0 Å². The fourth-order valence-corrected chi connectivity index (χ4v) is 5.13. The Balaban J connectivity index is 1.53. The second-order valence-corrected chi connectivity index (χ2v) is 8.12. The second kappa shape index (κ2) is 7.76. The first-order chi connectivity index (χ1) is 13.6. The van der Waals surface area contributed by atoms with E-state index in [4.69, 9.17) is 9.47 Å². The predicted octanol–water partition coefficient (Wildman–Crippen LogP) is 2.95. The van der Waals surface area contributed by atoms with Gasteiger partial charge in [-0.1, -0.05) is 12.5 Å². The average Bonchev–Trinajstić information content (AvgIpc) is 3.10. The Bertz CT molecular complexity index is 805. The molecular weight excluding hydrogens is 354 g/mol. The van der Waals surface area contributed by atoms with Crippen LogP contribution in [-0.2, 0) is 19.2 Å². The highest BCUT2D eigenvalue weighted by atomic mass is 16.5. The molecule has 6 heteroatoms. The van der Waals surface area contributed by atoms with Crippen molar-refractivity contribution in [3.8, 4) is 11.5 Å². The number of imidazole rings is 1. The minimum atomic E-state index is -0.816. The van der Waals surface area contributed by atoms with Gasteiger partial charge in [0.15, 0.2) is 11.5 Å². The van der Waals surface area contributed by atoms with Crippen LogP contribution in [0.3, 0.4) is 0 Å². The van der Waals surface area contributed by atoms with Gasteiger partial charge in [-0.15, -0.1) is 0 Å². The number of fused-ring (bicyclic) bond motifs is 2. The van der Waals surface area contributed by atoms with E-state index in [0.29, 0.717) is 6.61 Å². The van der Waals surface area contributed by atoms with Crippen LogP contribution in [0.1, 0.15) is 37.6 Å². The summed E-state index contributed by atoms with van der Waals surface area (Å²) in [6.45, 7) is 5.22. The zero-order valence-electron chi connectivity index (χ0n) is 17.1. The van der Waals surface area contributed by atoms with Crippen LogP contribution in [0.25, 0.3) is 0 Å². The van der Waals surface area contributed by atoms with E-state index in [1.807, 2.05) is 30.8 Å². The van der Waals surface area contributed by atoms with Crippen molar-refractivity contribution in [1.82, 2.24) is 14.5 Å². The highest BCUT2D eigenvalue weighted by Crippen LogP contribution is 2.48. The topological polar surface area (TPSA) is 59.8 Å². The van der Waals surface area contributed by atoms with Crippen molar-refractivity contribution in [3.05, 3.63) is 42.0 Å². The number of likely N-dealkylation sites (tertiary alicyclic amines) is 1. The van der Waals surface area contributed by atoms with E-state index >= 15 is 0 Å². The van der Waals surface area contributed by atoms with E-state index in [-0.39, 0.29) is 11.8 Å². The minimum Gasteiger partial charge on any atom is -0.493 e. The maximum Gasteiger partial charge on any atom is 0.161 e. The van der Waals surface area contributed by atoms with E-state index < -0.39 is 5.60 Å². The number of piperidine rings is 1. The first kappa shape index (κ1) is 19.3. The van der Waals surface area contributed by atoms with Crippen LogP contribution in [0.5, 0.6) is 11.5 Å². The lowest BCUT2D eigenvalue weighted by molar-refractivity contribution is -0.155. The van der Waals surface area contributed by atoms with Crippen LogP contribution in [-0.4, -0.2) is 46.4 Å². The van der Waals surface area contributed by atoms with Gasteiger partial charge in [-0.05, 0) is 37.5 Å². The lowest BCUT2D eigenvalue weighted by atomic mass is 9.65. The molecule has 1 aromatic heterocycles. The van der Waals surface area contributed by atoms with E-state index in [2.05, 4.69) is 22.0 Å². The molecule has 2 fully saturated rings. The summed E-state index contributed by atoms with van der Waals surface area (Å²) in [4.78, 5) is 6.99. The summed E-state index contributed by atoms with van der Waals surface area (Å²) in [5.74, 6) is 2.82. The lowest BCUT2D eigenvalue weighted by Crippen LogP contribution is -2.58. The Morgan fingerprint density at radius 1 is 1.21 bits per heavy atom. The predicted molar refractivity (Wildman–Crippen MR) is 107 cm³/mol. The molecule has 3 atom stereocenters. The van der Waals surface area contributed by atoms with Crippen LogP contribution in [0.4, 0.5) is 0 Å². The Hall–Kier alpha value is -2.05. The molecule has 2 aromatic rings. The van der Waals surface area contributed by atoms with Gasteiger partial charge in [-0.25, -0.2) is 4.98 Å². The molecule has 0 radical (unpaired) electrons. The molecule has 0 amide bonds. The normalized spacial score (nSPS) is 27.6. The van der Waals surface area contributed by atoms with Crippen LogP contribution in [0.2, 0.25) is 0 Å². The summed E-state index contributed by atoms with van der Waals surface area (Å²) >= 11 is 0. The van der Waals surface area contributed by atoms with Gasteiger partial charge in [0.25, 0.3) is 0 Å². The van der Waals surface area contributed by atoms with Crippen molar-refractivity contribution in [2.75, 3.05) is 26.8 Å². The van der Waals surface area contributed by atoms with Gasteiger partial charge in [-0.3, -0.25) is 4.90 Å². The number of nitrogens with zero attached hydrogens (tertiary/aromatic N) is 3. The molecule has 28 heavy (non-hydrogen) atoms. The standard InChI is InChI=1S/C22H31N3O3/c1-4-28-19-9-8-16(12-20(19)27-3)13-25-14-17-6-5-7-18(15-25)22(17,26)21-23-10-11-24(21)2/h8-12,17-18,26H,4-7,13-15H2,1-3H3/t17-,18+,22?. The molecule has 1 aromatic carbocycles. The Morgan fingerprint density at radius 2 is 1.96 bits per heavy atom. The summed E-state index contributed by atoms with van der Waals surface area (Å²) in [5, 5.41) is 11.7. The summed E-state index contributed by atoms with van der Waals surface area (Å²) in [5.41, 5.74) is 0.393. The van der Waals surface area contributed by atoms with Crippen molar-refractivity contribution >= 4 is 0 Å². The minimum absolute atomic E-state index is 0.214. The monoisotopic (exact) mass is 385 g/mol. The smallest absolute Gasteiger partial charge is 0.161 e. The molecule has 2 heterocycles. The molecule has 6 nitrogen and oxygen atoms in total. The van der Waals surface area contributed by atoms with Crippen molar-refractivity contribution < 1.29 is 14.6 Å². The van der Waals surface area contributed by atoms with Gasteiger partial charge >= 0.3 is 0 Å². The summed E-state index contributed by atoms with van der Waals surface area (Å²) in [6, 6.07) is 6.18. The quantitative estimate of drug-likeness (QED) is 0.828. The molecular formula is C22H31N3O3. The number of hydrogen-bond donors (Lipinski definition) is 1. The molecule has 1 N–H and O–H groups in total. The number of aryl methyl sites for hydroxylation is 1. The average molecular weight is 386 g/mol. The Kier molecular flexibility index (Phi) is 5.34. The molecule has 2 bridgehead atoms. The molecule has 1 unspecified atom stereocenters. The summed E-state index contributed by atoms with van der Waals surface area (Å²) in [6.07, 6.45) is 7.00. The van der Waals surface area contributed by atoms with E-state index in [9.17, 15) is 5.11 Å². The van der Waals surface area contributed by atoms with Crippen LogP contribution < -0.4 is 9.47 Å². The summed E-state index contributed by atoms with van der Waals surface area (Å²) < 4.78 is 13.1. The lowest BCUT2D eigenvalue weighted by Gasteiger charge is -2.52. The first-order valence-corrected chi connectivity index (χ1v) is 10.3. The molecule has 0 spiro atoms. The maximum atomic E-state index is 11.7. The van der Waals surface area contributed by atoms with E-state index in [0.717, 1.165) is 49.8 Å². The SMILES string of the molecule is CCOc1ccc(CN2C[C@H]3CCC[C@@H](C2)C3(O)c2nccn2C)cc1OC. The molecule has 4 rings (SSSR count). The van der Waals surface area contributed by atoms with Gasteiger partial charge in [0.1, 0.15) is 11.4 Å². The number of aliphatic hydroxyl groups is 1. The fourth-order valence-electron chi connectivity index (χ4n) is 5.13. The Labute approximate surface area is 167 Å². The number of aromatic nitrogens is 2. The van der Waals surface area contributed by atoms with Crippen LogP contribution in [0.15, 0.2) is 30.6 Å². The zero-order chi connectivity index (χ0) is 19.7. The van der Waals surface area contributed by atoms with Gasteiger partial charge in [0, 0.05) is 50.9 Å². The fraction of sp³-hybridized carbons (Fsp3) is 0.591. The van der Waals surface area contributed by atoms with Crippen LogP contribution >= 0.6 is 0 Å². The highest BCUT2D eigenvalue weighted by molar-refractivity contribution is 5.43. The largest absolute Gasteiger partial charge is 0.493 e. The number of ether oxygens (including phenoxy) is 2. The van der Waals surface area contributed by atoms with Crippen molar-refractivity contribution in [1.29, 1.82) is 0 Å². The second-order valence-electron chi connectivity index (χ2n) is 8.12. The molecule has 1 saturated carbocycles. The van der Waals surface area contributed by atoms with E-state index in [1.54, 1.807) is 13.3 Å². The Morgan fingerprint density at radius 3 is 2.57 bits per heavy atom. The molecule has 1 aliphatic heterocycles. The van der Waals surface area contributed by atoms with Crippen molar-refractivity contribution in [2.45, 2.75) is 38.3 Å². The number of methoxy groups -OCH3 is 1. The van der Waals surface area contributed by atoms with Crippen molar-refractivity contribution in [3.63, 3.8) is 0 Å². The third-order valence-electron chi connectivity index (χ3n) is 6.42. The third-order valence-corrected chi connectivity index (χ3v) is 6.42. The van der Waals surface area contributed by atoms with E-state index in [1.165, 1.54) is 12.0 Å². The van der Waals surface area contributed by atoms with Crippen molar-refractivity contribution in [2.24, 2.45) is 18.9 Å². The highest BCUT2D eigenvalue weighted by Gasteiger charge is 2.53. The zero-order valence-corrected chi connectivity index (χ0v) is 17.1. The number of hydrogen-bond acceptors (Lipinski definition) is 5. The molecule has 2 aliphatic rings.